The molecule has 0 saturated heterocycles. The van der Waals surface area contributed by atoms with E-state index in [0.29, 0.717) is 28.6 Å². The summed E-state index contributed by atoms with van der Waals surface area (Å²) < 4.78 is 2.89. The summed E-state index contributed by atoms with van der Waals surface area (Å²) in [4.78, 5) is 41.2. The van der Waals surface area contributed by atoms with E-state index in [-0.39, 0.29) is 23.9 Å². The Morgan fingerprint density at radius 3 is 2.13 bits per heavy atom. The zero-order chi connectivity index (χ0) is 22.0. The van der Waals surface area contributed by atoms with Crippen molar-refractivity contribution < 1.29 is 9.59 Å². The fourth-order valence-electron chi connectivity index (χ4n) is 3.06. The summed E-state index contributed by atoms with van der Waals surface area (Å²) in [6.45, 7) is 8.37. The van der Waals surface area contributed by atoms with Crippen LogP contribution in [0.2, 0.25) is 0 Å². The highest BCUT2D eigenvalue weighted by Crippen LogP contribution is 2.14. The van der Waals surface area contributed by atoms with Crippen molar-refractivity contribution in [3.63, 3.8) is 0 Å². The van der Waals surface area contributed by atoms with E-state index in [9.17, 15) is 14.4 Å². The van der Waals surface area contributed by atoms with Gasteiger partial charge in [0.25, 0.3) is 5.56 Å². The minimum absolute atomic E-state index is 0.176. The number of carbonyl (C=O) groups is 2. The molecule has 2 aromatic heterocycles. The molecule has 9 nitrogen and oxygen atoms in total. The third-order valence-electron chi connectivity index (χ3n) is 4.61. The molecule has 0 aliphatic rings. The number of aromatic nitrogens is 4. The lowest BCUT2D eigenvalue weighted by Crippen LogP contribution is -2.33. The van der Waals surface area contributed by atoms with E-state index in [1.54, 1.807) is 42.8 Å². The fourth-order valence-corrected chi connectivity index (χ4v) is 3.06. The van der Waals surface area contributed by atoms with Gasteiger partial charge in [0.05, 0.1) is 5.69 Å². The van der Waals surface area contributed by atoms with Crippen LogP contribution >= 0.6 is 0 Å². The monoisotopic (exact) mass is 408 g/mol. The van der Waals surface area contributed by atoms with Crippen molar-refractivity contribution >= 4 is 23.2 Å². The zero-order valence-electron chi connectivity index (χ0n) is 17.6. The molecule has 30 heavy (non-hydrogen) atoms. The Morgan fingerprint density at radius 2 is 1.60 bits per heavy atom. The Kier molecular flexibility index (Phi) is 5.81. The molecule has 0 aliphatic carbocycles. The summed E-state index contributed by atoms with van der Waals surface area (Å²) in [5.74, 6) is -0.257. The van der Waals surface area contributed by atoms with Crippen LogP contribution in [0.25, 0.3) is 5.95 Å². The Balaban J connectivity index is 1.89. The average molecular weight is 408 g/mol. The highest BCUT2D eigenvalue weighted by atomic mass is 16.2. The highest BCUT2D eigenvalue weighted by Gasteiger charge is 2.18. The van der Waals surface area contributed by atoms with Crippen molar-refractivity contribution in [2.75, 3.05) is 10.6 Å². The number of rotatable bonds is 5. The van der Waals surface area contributed by atoms with Gasteiger partial charge in [0.1, 0.15) is 6.54 Å². The molecule has 2 amide bonds. The molecule has 1 aromatic carbocycles. The van der Waals surface area contributed by atoms with Crippen LogP contribution < -0.4 is 16.2 Å². The molecule has 0 unspecified atom stereocenters. The lowest BCUT2D eigenvalue weighted by atomic mass is 10.2. The summed E-state index contributed by atoms with van der Waals surface area (Å²) in [6, 6.07) is 8.59. The third kappa shape index (κ3) is 4.45. The van der Waals surface area contributed by atoms with Gasteiger partial charge < -0.3 is 10.6 Å². The number of hydrogen-bond acceptors (Lipinski definition) is 5. The fraction of sp³-hybridized carbons (Fsp3) is 0.286. The van der Waals surface area contributed by atoms with Gasteiger partial charge in [-0.15, -0.1) is 0 Å². The molecule has 0 radical (unpaired) electrons. The topological polar surface area (TPSA) is 111 Å². The van der Waals surface area contributed by atoms with Crippen LogP contribution in [0.3, 0.4) is 0 Å². The summed E-state index contributed by atoms with van der Waals surface area (Å²) in [5.41, 5.74) is 3.55. The molecule has 156 valence electrons. The molecule has 0 atom stereocenters. The number of hydrogen-bond donors (Lipinski definition) is 2. The lowest BCUT2D eigenvalue weighted by molar-refractivity contribution is -0.117. The molecular weight excluding hydrogens is 384 g/mol. The summed E-state index contributed by atoms with van der Waals surface area (Å²) in [5, 5.41) is 9.83. The van der Waals surface area contributed by atoms with Crippen molar-refractivity contribution in [2.24, 2.45) is 0 Å². The van der Waals surface area contributed by atoms with E-state index in [1.807, 2.05) is 19.9 Å². The van der Waals surface area contributed by atoms with Gasteiger partial charge in [0.15, 0.2) is 0 Å². The molecule has 0 fully saturated rings. The van der Waals surface area contributed by atoms with Crippen LogP contribution in [0.4, 0.5) is 11.4 Å². The van der Waals surface area contributed by atoms with E-state index < -0.39 is 0 Å². The predicted octanol–water partition coefficient (Wildman–Crippen LogP) is 2.26. The second kappa shape index (κ2) is 8.32. The Hall–Kier alpha value is -3.75. The SMILES string of the molecule is CC(=O)Nc1ccc(NC(=O)Cn2c(-n3nc(C)cc3C)nc(C)c(C)c2=O)cc1. The van der Waals surface area contributed by atoms with Crippen molar-refractivity contribution in [3.8, 4) is 5.95 Å². The normalized spacial score (nSPS) is 10.7. The zero-order valence-corrected chi connectivity index (χ0v) is 17.6. The van der Waals surface area contributed by atoms with E-state index in [2.05, 4.69) is 20.7 Å². The van der Waals surface area contributed by atoms with Crippen LogP contribution in [0, 0.1) is 27.7 Å². The van der Waals surface area contributed by atoms with Crippen LogP contribution in [0.1, 0.15) is 29.6 Å². The first-order valence-electron chi connectivity index (χ1n) is 9.45. The molecule has 3 aromatic rings. The number of anilines is 2. The summed E-state index contributed by atoms with van der Waals surface area (Å²) in [7, 11) is 0. The highest BCUT2D eigenvalue weighted by molar-refractivity contribution is 5.92. The van der Waals surface area contributed by atoms with Gasteiger partial charge >= 0.3 is 0 Å². The van der Waals surface area contributed by atoms with Gasteiger partial charge in [-0.05, 0) is 58.0 Å². The Morgan fingerprint density at radius 1 is 1.00 bits per heavy atom. The molecule has 2 heterocycles. The number of nitrogens with one attached hydrogen (secondary N) is 2. The molecule has 9 heteroatoms. The Labute approximate surface area is 173 Å². The Bertz CT molecular complexity index is 1170. The predicted molar refractivity (Wildman–Crippen MR) is 114 cm³/mol. The van der Waals surface area contributed by atoms with Gasteiger partial charge in [0.2, 0.25) is 17.8 Å². The van der Waals surface area contributed by atoms with Gasteiger partial charge in [-0.3, -0.25) is 19.0 Å². The molecule has 3 rings (SSSR count). The quantitative estimate of drug-likeness (QED) is 0.673. The molecule has 2 N–H and O–H groups in total. The second-order valence-electron chi connectivity index (χ2n) is 7.16. The minimum Gasteiger partial charge on any atom is -0.326 e. The molecule has 0 aliphatic heterocycles. The number of nitrogens with zero attached hydrogens (tertiary/aromatic N) is 4. The second-order valence-corrected chi connectivity index (χ2v) is 7.16. The average Bonchev–Trinajstić information content (AvgIpc) is 3.01. The van der Waals surface area contributed by atoms with E-state index in [4.69, 9.17) is 0 Å². The van der Waals surface area contributed by atoms with E-state index in [1.165, 1.54) is 11.5 Å². The van der Waals surface area contributed by atoms with Crippen LogP contribution in [0.5, 0.6) is 0 Å². The largest absolute Gasteiger partial charge is 0.326 e. The first kappa shape index (κ1) is 21.0. The molecule has 0 bridgehead atoms. The van der Waals surface area contributed by atoms with Crippen molar-refractivity contribution in [1.29, 1.82) is 0 Å². The summed E-state index contributed by atoms with van der Waals surface area (Å²) >= 11 is 0. The van der Waals surface area contributed by atoms with E-state index >= 15 is 0 Å². The number of carbonyl (C=O) groups excluding carboxylic acids is 2. The van der Waals surface area contributed by atoms with Crippen molar-refractivity contribution in [1.82, 2.24) is 19.3 Å². The van der Waals surface area contributed by atoms with Gasteiger partial charge in [-0.25, -0.2) is 9.67 Å². The van der Waals surface area contributed by atoms with Crippen LogP contribution in [-0.4, -0.2) is 31.1 Å². The van der Waals surface area contributed by atoms with Crippen molar-refractivity contribution in [2.45, 2.75) is 41.2 Å². The smallest absolute Gasteiger partial charge is 0.258 e. The first-order valence-corrected chi connectivity index (χ1v) is 9.45. The molecular formula is C21H24N6O3. The summed E-state index contributed by atoms with van der Waals surface area (Å²) in [6.07, 6.45) is 0. The number of benzene rings is 1. The van der Waals surface area contributed by atoms with Gasteiger partial charge in [-0.1, -0.05) is 0 Å². The number of aryl methyl sites for hydroxylation is 3. The van der Waals surface area contributed by atoms with Crippen LogP contribution in [0.15, 0.2) is 35.1 Å². The minimum atomic E-state index is -0.378. The maximum atomic E-state index is 12.9. The maximum Gasteiger partial charge on any atom is 0.258 e. The van der Waals surface area contributed by atoms with Crippen molar-refractivity contribution in [3.05, 3.63) is 63.3 Å². The van der Waals surface area contributed by atoms with Gasteiger partial charge in [0, 0.05) is 35.2 Å². The lowest BCUT2D eigenvalue weighted by Gasteiger charge is -2.15. The molecule has 0 spiro atoms. The molecule has 0 saturated carbocycles. The van der Waals surface area contributed by atoms with Crippen LogP contribution in [-0.2, 0) is 16.1 Å². The number of amides is 2. The van der Waals surface area contributed by atoms with E-state index in [0.717, 1.165) is 11.4 Å². The van der Waals surface area contributed by atoms with Gasteiger partial charge in [-0.2, -0.15) is 5.10 Å². The maximum absolute atomic E-state index is 12.9. The third-order valence-corrected chi connectivity index (χ3v) is 4.61. The standard InChI is InChI=1S/C21H24N6O3/c1-12-10-13(2)27(25-12)21-22-15(4)14(3)20(30)26(21)11-19(29)24-18-8-6-17(7-9-18)23-16(5)28/h6-10H,11H2,1-5H3,(H,23,28)(H,24,29). The first-order chi connectivity index (χ1) is 14.2.